The Kier molecular flexibility index (Phi) is 1.61. The van der Waals surface area contributed by atoms with Crippen LogP contribution in [-0.2, 0) is 9.59 Å². The van der Waals surface area contributed by atoms with E-state index in [1.165, 1.54) is 0 Å². The van der Waals surface area contributed by atoms with E-state index in [1.807, 2.05) is 0 Å². The van der Waals surface area contributed by atoms with Crippen molar-refractivity contribution in [2.24, 2.45) is 33.9 Å². The lowest BCUT2D eigenvalue weighted by Crippen LogP contribution is -2.47. The summed E-state index contributed by atoms with van der Waals surface area (Å²) in [7, 11) is 0. The Hall–Kier alpha value is -1.72. The van der Waals surface area contributed by atoms with Crippen LogP contribution in [0, 0.1) is 23.7 Å². The molecule has 0 unspecified atom stereocenters. The maximum absolute atomic E-state index is 11.7. The lowest BCUT2D eigenvalue weighted by Gasteiger charge is -2.40. The lowest BCUT2D eigenvalue weighted by atomic mass is 9.61. The fourth-order valence-electron chi connectivity index (χ4n) is 3.75. The van der Waals surface area contributed by atoms with Crippen molar-refractivity contribution < 1.29 is 9.59 Å². The second-order valence-corrected chi connectivity index (χ2v) is 5.28. The van der Waals surface area contributed by atoms with Crippen molar-refractivity contribution in [3.63, 3.8) is 0 Å². The van der Waals surface area contributed by atoms with Gasteiger partial charge >= 0.3 is 0 Å². The van der Waals surface area contributed by atoms with Crippen molar-refractivity contribution in [1.29, 1.82) is 0 Å². The average molecular weight is 232 g/mol. The summed E-state index contributed by atoms with van der Waals surface area (Å²) in [5.41, 5.74) is 7.00. The van der Waals surface area contributed by atoms with Crippen molar-refractivity contribution in [2.75, 3.05) is 0 Å². The molecule has 6 heteroatoms. The summed E-state index contributed by atoms with van der Waals surface area (Å²) in [4.78, 5) is 23.4. The molecule has 2 bridgehead atoms. The van der Waals surface area contributed by atoms with Gasteiger partial charge in [0.1, 0.15) is 0 Å². The van der Waals surface area contributed by atoms with E-state index in [0.29, 0.717) is 0 Å². The standard InChI is InChI=1S/C11H12N4O2/c16-10-8-4-1-5(3-7(8)13-15-10)9-6(2-4)12-14-11(9)17/h4-5,8-9H,1-3H2,(H,14,17)(H,15,16)/t4-,5+,8-,9+. The van der Waals surface area contributed by atoms with E-state index < -0.39 is 0 Å². The van der Waals surface area contributed by atoms with E-state index in [9.17, 15) is 9.59 Å². The topological polar surface area (TPSA) is 82.9 Å². The van der Waals surface area contributed by atoms with Crippen LogP contribution in [0.5, 0.6) is 0 Å². The number of rotatable bonds is 0. The van der Waals surface area contributed by atoms with E-state index >= 15 is 0 Å². The van der Waals surface area contributed by atoms with Crippen LogP contribution in [0.15, 0.2) is 10.2 Å². The Bertz CT molecular complexity index is 452. The highest BCUT2D eigenvalue weighted by Gasteiger charge is 2.52. The summed E-state index contributed by atoms with van der Waals surface area (Å²) in [6, 6.07) is 0. The second-order valence-electron chi connectivity index (χ2n) is 5.28. The Morgan fingerprint density at radius 2 is 1.35 bits per heavy atom. The maximum atomic E-state index is 11.7. The molecule has 0 spiro atoms. The molecule has 2 heterocycles. The summed E-state index contributed by atoms with van der Waals surface area (Å²) in [5, 5.41) is 8.21. The van der Waals surface area contributed by atoms with Crippen LogP contribution in [0.25, 0.3) is 0 Å². The Morgan fingerprint density at radius 1 is 0.882 bits per heavy atom. The van der Waals surface area contributed by atoms with Gasteiger partial charge < -0.3 is 0 Å². The van der Waals surface area contributed by atoms with Crippen LogP contribution in [-0.4, -0.2) is 23.2 Å². The van der Waals surface area contributed by atoms with Crippen molar-refractivity contribution in [3.8, 4) is 0 Å². The zero-order valence-electron chi connectivity index (χ0n) is 9.14. The average Bonchev–Trinajstić information content (AvgIpc) is 2.84. The van der Waals surface area contributed by atoms with Crippen molar-refractivity contribution in [2.45, 2.75) is 19.3 Å². The SMILES string of the molecule is O=C1NN=C2C[C@H]3C[C@@H](CC4=NNC(=O)[C@@H]43)[C@H]12. The van der Waals surface area contributed by atoms with Gasteiger partial charge in [-0.2, -0.15) is 10.2 Å². The fourth-order valence-corrected chi connectivity index (χ4v) is 3.75. The summed E-state index contributed by atoms with van der Waals surface area (Å²) < 4.78 is 0. The van der Waals surface area contributed by atoms with Gasteiger partial charge in [0.15, 0.2) is 0 Å². The van der Waals surface area contributed by atoms with E-state index in [1.54, 1.807) is 0 Å². The first kappa shape index (κ1) is 9.32. The summed E-state index contributed by atoms with van der Waals surface area (Å²) >= 11 is 0. The second kappa shape index (κ2) is 2.94. The molecule has 2 amide bonds. The quantitative estimate of drug-likeness (QED) is 0.596. The van der Waals surface area contributed by atoms with Gasteiger partial charge in [0.25, 0.3) is 0 Å². The number of nitrogens with one attached hydrogen (secondary N) is 2. The van der Waals surface area contributed by atoms with Crippen LogP contribution >= 0.6 is 0 Å². The van der Waals surface area contributed by atoms with Crippen molar-refractivity contribution in [3.05, 3.63) is 0 Å². The summed E-state index contributed by atoms with van der Waals surface area (Å²) in [6.45, 7) is 0. The van der Waals surface area contributed by atoms with Gasteiger partial charge in [-0.25, -0.2) is 10.9 Å². The number of hydrazone groups is 2. The molecule has 2 aliphatic carbocycles. The number of fused-ring (bicyclic) bond motifs is 6. The third kappa shape index (κ3) is 1.10. The molecule has 2 aliphatic heterocycles. The molecule has 17 heavy (non-hydrogen) atoms. The van der Waals surface area contributed by atoms with Gasteiger partial charge in [-0.1, -0.05) is 0 Å². The molecule has 0 aromatic carbocycles. The molecule has 0 saturated heterocycles. The first-order valence-corrected chi connectivity index (χ1v) is 5.96. The number of hydrogen-bond acceptors (Lipinski definition) is 4. The Balaban J connectivity index is 1.73. The molecule has 2 saturated carbocycles. The number of hydrogen-bond donors (Lipinski definition) is 2. The number of nitrogens with zero attached hydrogens (tertiary/aromatic N) is 2. The lowest BCUT2D eigenvalue weighted by molar-refractivity contribution is -0.124. The Morgan fingerprint density at radius 3 is 1.82 bits per heavy atom. The molecule has 88 valence electrons. The molecule has 2 fully saturated rings. The van der Waals surface area contributed by atoms with Crippen LogP contribution < -0.4 is 10.9 Å². The number of amides is 2. The molecule has 4 atom stereocenters. The van der Waals surface area contributed by atoms with Crippen molar-refractivity contribution >= 4 is 23.2 Å². The fraction of sp³-hybridized carbons (Fsp3) is 0.636. The van der Waals surface area contributed by atoms with Gasteiger partial charge in [0.2, 0.25) is 11.8 Å². The molecular formula is C11H12N4O2. The van der Waals surface area contributed by atoms with Crippen molar-refractivity contribution in [1.82, 2.24) is 10.9 Å². The molecular weight excluding hydrogens is 220 g/mol. The third-order valence-electron chi connectivity index (χ3n) is 4.39. The van der Waals surface area contributed by atoms with E-state index in [2.05, 4.69) is 21.1 Å². The van der Waals surface area contributed by atoms with E-state index in [4.69, 9.17) is 0 Å². The number of carbonyl (C=O) groups excluding carboxylic acids is 2. The molecule has 0 aromatic heterocycles. The first-order chi connectivity index (χ1) is 8.24. The van der Waals surface area contributed by atoms with Crippen LogP contribution in [0.3, 0.4) is 0 Å². The van der Waals surface area contributed by atoms with Gasteiger partial charge in [-0.3, -0.25) is 9.59 Å². The molecule has 4 aliphatic rings. The molecule has 2 N–H and O–H groups in total. The summed E-state index contributed by atoms with van der Waals surface area (Å²) in [5.74, 6) is 0.422. The third-order valence-corrected chi connectivity index (χ3v) is 4.39. The zero-order chi connectivity index (χ0) is 11.6. The minimum atomic E-state index is -0.0781. The van der Waals surface area contributed by atoms with Crippen LogP contribution in [0.2, 0.25) is 0 Å². The minimum absolute atomic E-state index is 0.0137. The maximum Gasteiger partial charge on any atom is 0.249 e. The normalized spacial score (nSPS) is 42.1. The predicted octanol–water partition coefficient (Wildman–Crippen LogP) is -0.380. The molecule has 0 radical (unpaired) electrons. The minimum Gasteiger partial charge on any atom is -0.272 e. The molecule has 4 rings (SSSR count). The van der Waals surface area contributed by atoms with Gasteiger partial charge in [-0.05, 0) is 31.1 Å². The van der Waals surface area contributed by atoms with Crippen LogP contribution in [0.4, 0.5) is 0 Å². The largest absolute Gasteiger partial charge is 0.272 e. The highest BCUT2D eigenvalue weighted by atomic mass is 16.2. The van der Waals surface area contributed by atoms with E-state index in [-0.39, 0.29) is 35.5 Å². The Labute approximate surface area is 97.5 Å². The monoisotopic (exact) mass is 232 g/mol. The van der Waals surface area contributed by atoms with Crippen LogP contribution in [0.1, 0.15) is 19.3 Å². The smallest absolute Gasteiger partial charge is 0.249 e. The summed E-state index contributed by atoms with van der Waals surface area (Å²) in [6.07, 6.45) is 2.43. The van der Waals surface area contributed by atoms with Gasteiger partial charge in [-0.15, -0.1) is 0 Å². The van der Waals surface area contributed by atoms with E-state index in [0.717, 1.165) is 30.7 Å². The highest BCUT2D eigenvalue weighted by Crippen LogP contribution is 2.45. The number of carbonyl (C=O) groups is 2. The molecule has 6 nitrogen and oxygen atoms in total. The zero-order valence-corrected chi connectivity index (χ0v) is 9.14. The highest BCUT2D eigenvalue weighted by molar-refractivity contribution is 6.13. The molecule has 0 aromatic rings. The predicted molar refractivity (Wildman–Crippen MR) is 59.0 cm³/mol. The first-order valence-electron chi connectivity index (χ1n) is 5.96. The van der Waals surface area contributed by atoms with Gasteiger partial charge in [0, 0.05) is 0 Å². The van der Waals surface area contributed by atoms with Gasteiger partial charge in [0.05, 0.1) is 23.3 Å².